The number of methoxy groups -OCH3 is 1. The van der Waals surface area contributed by atoms with Crippen LogP contribution in [-0.4, -0.2) is 32.8 Å². The maximum Gasteiger partial charge on any atom is 0.119 e. The molecule has 3 heteroatoms. The second-order valence-corrected chi connectivity index (χ2v) is 5.69. The summed E-state index contributed by atoms with van der Waals surface area (Å²) in [5.41, 5.74) is 1.44. The Labute approximate surface area is 110 Å². The summed E-state index contributed by atoms with van der Waals surface area (Å²) in [7, 11) is 1.72. The van der Waals surface area contributed by atoms with Crippen LogP contribution in [0.1, 0.15) is 25.8 Å². The van der Waals surface area contributed by atoms with Crippen LogP contribution in [0.2, 0.25) is 0 Å². The molecular weight excluding hydrogens is 224 g/mol. The lowest BCUT2D eigenvalue weighted by atomic mass is 9.84. The van der Waals surface area contributed by atoms with E-state index in [9.17, 15) is 0 Å². The number of benzene rings is 1. The normalized spacial score (nSPS) is 20.1. The second-order valence-electron chi connectivity index (χ2n) is 5.69. The van der Waals surface area contributed by atoms with Crippen LogP contribution in [0.25, 0.3) is 0 Å². The summed E-state index contributed by atoms with van der Waals surface area (Å²) in [6.07, 6.45) is 1.23. The van der Waals surface area contributed by atoms with Crippen molar-refractivity contribution in [1.29, 1.82) is 0 Å². The first-order valence-corrected chi connectivity index (χ1v) is 6.70. The molecule has 1 heterocycles. The molecule has 0 spiro atoms. The molecule has 0 bridgehead atoms. The Bertz CT molecular complexity index is 384. The van der Waals surface area contributed by atoms with Gasteiger partial charge in [-0.05, 0) is 30.7 Å². The van der Waals surface area contributed by atoms with Crippen LogP contribution >= 0.6 is 0 Å². The molecule has 1 aliphatic rings. The third-order valence-electron chi connectivity index (χ3n) is 3.74. The topological polar surface area (TPSA) is 33.3 Å². The summed E-state index contributed by atoms with van der Waals surface area (Å²) >= 11 is 0. The molecule has 1 aromatic carbocycles. The molecule has 0 aliphatic carbocycles. The number of hydrogen-bond acceptors (Lipinski definition) is 3. The molecule has 100 valence electrons. The van der Waals surface area contributed by atoms with E-state index in [-0.39, 0.29) is 5.41 Å². The van der Waals surface area contributed by atoms with E-state index in [1.54, 1.807) is 7.11 Å². The predicted octanol–water partition coefficient (Wildman–Crippen LogP) is 1.92. The summed E-state index contributed by atoms with van der Waals surface area (Å²) in [6.45, 7) is 7.77. The van der Waals surface area contributed by atoms with Gasteiger partial charge in [0.1, 0.15) is 5.75 Å². The van der Waals surface area contributed by atoms with Gasteiger partial charge in [-0.1, -0.05) is 26.0 Å². The highest BCUT2D eigenvalue weighted by molar-refractivity contribution is 5.33. The van der Waals surface area contributed by atoms with Crippen molar-refractivity contribution in [2.45, 2.75) is 31.7 Å². The minimum Gasteiger partial charge on any atom is -0.497 e. The Morgan fingerprint density at radius 2 is 2.28 bits per heavy atom. The molecule has 1 atom stereocenters. The monoisotopic (exact) mass is 248 g/mol. The molecule has 2 rings (SSSR count). The second kappa shape index (κ2) is 5.72. The first-order chi connectivity index (χ1) is 8.62. The fraction of sp³-hybridized carbons (Fsp3) is 0.600. The summed E-state index contributed by atoms with van der Waals surface area (Å²) in [6, 6.07) is 8.99. The third-order valence-corrected chi connectivity index (χ3v) is 3.74. The van der Waals surface area contributed by atoms with Crippen molar-refractivity contribution in [3.8, 4) is 5.75 Å². The number of hydrogen-bond donors (Lipinski definition) is 2. The van der Waals surface area contributed by atoms with E-state index >= 15 is 0 Å². The number of ether oxygens (including phenoxy) is 1. The summed E-state index contributed by atoms with van der Waals surface area (Å²) < 4.78 is 5.30. The molecule has 2 N–H and O–H groups in total. The van der Waals surface area contributed by atoms with E-state index in [1.165, 1.54) is 12.0 Å². The van der Waals surface area contributed by atoms with Crippen LogP contribution in [0.3, 0.4) is 0 Å². The molecule has 3 nitrogen and oxygen atoms in total. The molecular formula is C15H24N2O. The smallest absolute Gasteiger partial charge is 0.119 e. The van der Waals surface area contributed by atoms with Crippen LogP contribution in [0.4, 0.5) is 0 Å². The zero-order chi connectivity index (χ0) is 13.0. The van der Waals surface area contributed by atoms with Crippen LogP contribution in [0.5, 0.6) is 5.75 Å². The van der Waals surface area contributed by atoms with Gasteiger partial charge in [-0.3, -0.25) is 0 Å². The SMILES string of the molecule is COc1cccc(C(C)(C)CNC2CCNC2)c1. The van der Waals surface area contributed by atoms with E-state index in [1.807, 2.05) is 6.07 Å². The standard InChI is InChI=1S/C15H24N2O/c1-15(2,11-17-13-7-8-16-10-13)12-5-4-6-14(9-12)18-3/h4-6,9,13,16-17H,7-8,10-11H2,1-3H3. The molecule has 1 saturated heterocycles. The van der Waals surface area contributed by atoms with Crippen LogP contribution in [0.15, 0.2) is 24.3 Å². The molecule has 0 amide bonds. The molecule has 0 radical (unpaired) electrons. The molecule has 0 saturated carbocycles. The van der Waals surface area contributed by atoms with Gasteiger partial charge in [0.25, 0.3) is 0 Å². The molecule has 0 aromatic heterocycles. The highest BCUT2D eigenvalue weighted by Crippen LogP contribution is 2.26. The zero-order valence-electron chi connectivity index (χ0n) is 11.6. The van der Waals surface area contributed by atoms with Crippen molar-refractivity contribution < 1.29 is 4.74 Å². The first-order valence-electron chi connectivity index (χ1n) is 6.70. The van der Waals surface area contributed by atoms with E-state index in [2.05, 4.69) is 42.7 Å². The van der Waals surface area contributed by atoms with Gasteiger partial charge in [-0.2, -0.15) is 0 Å². The Balaban J connectivity index is 1.99. The van der Waals surface area contributed by atoms with E-state index in [4.69, 9.17) is 4.74 Å². The Morgan fingerprint density at radius 3 is 2.94 bits per heavy atom. The lowest BCUT2D eigenvalue weighted by Gasteiger charge is -2.28. The summed E-state index contributed by atoms with van der Waals surface area (Å²) in [4.78, 5) is 0. The lowest BCUT2D eigenvalue weighted by molar-refractivity contribution is 0.405. The Morgan fingerprint density at radius 1 is 1.44 bits per heavy atom. The summed E-state index contributed by atoms with van der Waals surface area (Å²) in [5, 5.41) is 7.04. The van der Waals surface area contributed by atoms with E-state index in [0.717, 1.165) is 25.4 Å². The van der Waals surface area contributed by atoms with Crippen molar-refractivity contribution in [2.75, 3.05) is 26.7 Å². The maximum absolute atomic E-state index is 5.30. The van der Waals surface area contributed by atoms with Gasteiger partial charge in [0.2, 0.25) is 0 Å². The quantitative estimate of drug-likeness (QED) is 0.835. The van der Waals surface area contributed by atoms with Gasteiger partial charge < -0.3 is 15.4 Å². The highest BCUT2D eigenvalue weighted by atomic mass is 16.5. The maximum atomic E-state index is 5.30. The summed E-state index contributed by atoms with van der Waals surface area (Å²) in [5.74, 6) is 0.933. The Kier molecular flexibility index (Phi) is 4.25. The Hall–Kier alpha value is -1.06. The van der Waals surface area contributed by atoms with Crippen molar-refractivity contribution in [3.05, 3.63) is 29.8 Å². The molecule has 18 heavy (non-hydrogen) atoms. The molecule has 1 aliphatic heterocycles. The lowest BCUT2D eigenvalue weighted by Crippen LogP contribution is -2.40. The average molecular weight is 248 g/mol. The zero-order valence-corrected chi connectivity index (χ0v) is 11.6. The molecule has 1 fully saturated rings. The van der Waals surface area contributed by atoms with Gasteiger partial charge >= 0.3 is 0 Å². The van der Waals surface area contributed by atoms with Crippen molar-refractivity contribution >= 4 is 0 Å². The van der Waals surface area contributed by atoms with Crippen LogP contribution in [0, 0.1) is 0 Å². The third kappa shape index (κ3) is 3.24. The van der Waals surface area contributed by atoms with Gasteiger partial charge in [-0.25, -0.2) is 0 Å². The minimum absolute atomic E-state index is 0.122. The number of nitrogens with one attached hydrogen (secondary N) is 2. The van der Waals surface area contributed by atoms with Gasteiger partial charge in [0, 0.05) is 24.5 Å². The van der Waals surface area contributed by atoms with Crippen molar-refractivity contribution in [1.82, 2.24) is 10.6 Å². The molecule has 1 unspecified atom stereocenters. The first kappa shape index (κ1) is 13.4. The van der Waals surface area contributed by atoms with Gasteiger partial charge in [0.05, 0.1) is 7.11 Å². The van der Waals surface area contributed by atoms with E-state index < -0.39 is 0 Å². The minimum atomic E-state index is 0.122. The van der Waals surface area contributed by atoms with Crippen molar-refractivity contribution in [3.63, 3.8) is 0 Å². The largest absolute Gasteiger partial charge is 0.497 e. The van der Waals surface area contributed by atoms with Crippen LogP contribution < -0.4 is 15.4 Å². The van der Waals surface area contributed by atoms with Gasteiger partial charge in [-0.15, -0.1) is 0 Å². The average Bonchev–Trinajstić information content (AvgIpc) is 2.90. The van der Waals surface area contributed by atoms with Crippen LogP contribution in [-0.2, 0) is 5.41 Å². The molecule has 1 aromatic rings. The van der Waals surface area contributed by atoms with E-state index in [0.29, 0.717) is 6.04 Å². The predicted molar refractivity (Wildman–Crippen MR) is 75.3 cm³/mol. The fourth-order valence-corrected chi connectivity index (χ4v) is 2.37. The number of rotatable bonds is 5. The fourth-order valence-electron chi connectivity index (χ4n) is 2.37. The van der Waals surface area contributed by atoms with Gasteiger partial charge in [0.15, 0.2) is 0 Å². The highest BCUT2D eigenvalue weighted by Gasteiger charge is 2.23. The van der Waals surface area contributed by atoms with Crippen molar-refractivity contribution in [2.24, 2.45) is 0 Å².